The summed E-state index contributed by atoms with van der Waals surface area (Å²) in [6.07, 6.45) is 1.29. The Kier molecular flexibility index (Phi) is 2.66. The molecule has 6 nitrogen and oxygen atoms in total. The summed E-state index contributed by atoms with van der Waals surface area (Å²) in [5.74, 6) is -1.16. The standard InChI is InChI=1S/C11H13NO5/c1-16-10(15)6-2-3-7(17-6)11(4-5-11)8(12)9(13)14/h2-3,8H,4-5,12H2,1H3,(H,13,14). The number of aliphatic carboxylic acids is 1. The summed E-state index contributed by atoms with van der Waals surface area (Å²) in [6.45, 7) is 0. The van der Waals surface area contributed by atoms with Crippen molar-refractivity contribution >= 4 is 11.9 Å². The van der Waals surface area contributed by atoms with Gasteiger partial charge in [0.1, 0.15) is 11.8 Å². The van der Waals surface area contributed by atoms with E-state index < -0.39 is 23.4 Å². The zero-order chi connectivity index (χ0) is 12.6. The topological polar surface area (TPSA) is 103 Å². The normalized spacial score (nSPS) is 18.5. The molecule has 1 aliphatic rings. The van der Waals surface area contributed by atoms with Crippen LogP contribution in [0.4, 0.5) is 0 Å². The van der Waals surface area contributed by atoms with Crippen molar-refractivity contribution in [1.29, 1.82) is 0 Å². The Hall–Kier alpha value is -1.82. The number of carboxylic acid groups (broad SMARTS) is 1. The Morgan fingerprint density at radius 3 is 2.65 bits per heavy atom. The number of hydrogen-bond acceptors (Lipinski definition) is 5. The largest absolute Gasteiger partial charge is 0.480 e. The SMILES string of the molecule is COC(=O)c1ccc(C2(C(N)C(=O)O)CC2)o1. The molecule has 17 heavy (non-hydrogen) atoms. The minimum atomic E-state index is -1.07. The minimum Gasteiger partial charge on any atom is -0.480 e. The zero-order valence-corrected chi connectivity index (χ0v) is 9.30. The van der Waals surface area contributed by atoms with E-state index in [1.165, 1.54) is 13.2 Å². The van der Waals surface area contributed by atoms with Gasteiger partial charge in [-0.1, -0.05) is 0 Å². The molecule has 6 heteroatoms. The van der Waals surface area contributed by atoms with Crippen LogP contribution >= 0.6 is 0 Å². The van der Waals surface area contributed by atoms with Gasteiger partial charge in [0.25, 0.3) is 0 Å². The monoisotopic (exact) mass is 239 g/mol. The number of carbonyl (C=O) groups is 2. The van der Waals surface area contributed by atoms with Gasteiger partial charge in [0.05, 0.1) is 12.5 Å². The maximum atomic E-state index is 11.2. The van der Waals surface area contributed by atoms with Gasteiger partial charge < -0.3 is 20.0 Å². The lowest BCUT2D eigenvalue weighted by atomic mass is 9.94. The van der Waals surface area contributed by atoms with Crippen LogP contribution in [0.3, 0.4) is 0 Å². The summed E-state index contributed by atoms with van der Waals surface area (Å²) in [4.78, 5) is 22.1. The highest BCUT2D eigenvalue weighted by atomic mass is 16.5. The van der Waals surface area contributed by atoms with Crippen LogP contribution in [0.25, 0.3) is 0 Å². The highest BCUT2D eigenvalue weighted by molar-refractivity contribution is 5.86. The Morgan fingerprint density at radius 1 is 1.53 bits per heavy atom. The maximum Gasteiger partial charge on any atom is 0.373 e. The van der Waals surface area contributed by atoms with Gasteiger partial charge >= 0.3 is 11.9 Å². The number of rotatable bonds is 4. The lowest BCUT2D eigenvalue weighted by Crippen LogP contribution is -2.41. The van der Waals surface area contributed by atoms with Gasteiger partial charge in [-0.15, -0.1) is 0 Å². The Morgan fingerprint density at radius 2 is 2.18 bits per heavy atom. The highest BCUT2D eigenvalue weighted by Crippen LogP contribution is 2.50. The first-order valence-corrected chi connectivity index (χ1v) is 5.18. The van der Waals surface area contributed by atoms with E-state index in [4.69, 9.17) is 15.3 Å². The Bertz CT molecular complexity index is 460. The molecule has 1 heterocycles. The van der Waals surface area contributed by atoms with E-state index in [1.807, 2.05) is 0 Å². The van der Waals surface area contributed by atoms with Crippen LogP contribution in [-0.2, 0) is 14.9 Å². The van der Waals surface area contributed by atoms with E-state index in [9.17, 15) is 9.59 Å². The van der Waals surface area contributed by atoms with Gasteiger partial charge in [0, 0.05) is 0 Å². The molecule has 0 bridgehead atoms. The number of carboxylic acids is 1. The third-order valence-electron chi connectivity index (χ3n) is 3.13. The number of methoxy groups -OCH3 is 1. The lowest BCUT2D eigenvalue weighted by Gasteiger charge is -2.16. The molecule has 1 unspecified atom stereocenters. The van der Waals surface area contributed by atoms with Crippen molar-refractivity contribution in [3.8, 4) is 0 Å². The van der Waals surface area contributed by atoms with Crippen LogP contribution in [0.15, 0.2) is 16.5 Å². The van der Waals surface area contributed by atoms with Gasteiger partial charge in [-0.2, -0.15) is 0 Å². The summed E-state index contributed by atoms with van der Waals surface area (Å²) in [5.41, 5.74) is 4.96. The van der Waals surface area contributed by atoms with E-state index in [0.29, 0.717) is 18.6 Å². The van der Waals surface area contributed by atoms with Crippen molar-refractivity contribution in [2.45, 2.75) is 24.3 Å². The molecule has 3 N–H and O–H groups in total. The quantitative estimate of drug-likeness (QED) is 0.742. The van der Waals surface area contributed by atoms with Crippen LogP contribution < -0.4 is 5.73 Å². The fraction of sp³-hybridized carbons (Fsp3) is 0.455. The smallest absolute Gasteiger partial charge is 0.373 e. The third kappa shape index (κ3) is 1.80. The number of hydrogen-bond donors (Lipinski definition) is 2. The lowest BCUT2D eigenvalue weighted by molar-refractivity contribution is -0.139. The second-order valence-electron chi connectivity index (χ2n) is 4.13. The van der Waals surface area contributed by atoms with Crippen molar-refractivity contribution in [3.63, 3.8) is 0 Å². The van der Waals surface area contributed by atoms with E-state index in [1.54, 1.807) is 6.07 Å². The molecule has 1 aliphatic carbocycles. The van der Waals surface area contributed by atoms with Gasteiger partial charge in [-0.3, -0.25) is 4.79 Å². The van der Waals surface area contributed by atoms with Crippen molar-refractivity contribution in [1.82, 2.24) is 0 Å². The summed E-state index contributed by atoms with van der Waals surface area (Å²) < 4.78 is 9.83. The van der Waals surface area contributed by atoms with Gasteiger partial charge in [-0.25, -0.2) is 4.79 Å². The van der Waals surface area contributed by atoms with E-state index in [2.05, 4.69) is 4.74 Å². The Balaban J connectivity index is 2.26. The molecule has 1 atom stereocenters. The van der Waals surface area contributed by atoms with Crippen LogP contribution in [0.2, 0.25) is 0 Å². The molecule has 2 rings (SSSR count). The van der Waals surface area contributed by atoms with Crippen LogP contribution in [0.1, 0.15) is 29.2 Å². The van der Waals surface area contributed by atoms with Crippen LogP contribution in [-0.4, -0.2) is 30.2 Å². The molecule has 0 aliphatic heterocycles. The van der Waals surface area contributed by atoms with Gasteiger partial charge in [0.15, 0.2) is 0 Å². The molecule has 1 saturated carbocycles. The van der Waals surface area contributed by atoms with Gasteiger partial charge in [-0.05, 0) is 25.0 Å². The predicted molar refractivity (Wildman–Crippen MR) is 56.6 cm³/mol. The van der Waals surface area contributed by atoms with Crippen molar-refractivity contribution in [2.24, 2.45) is 5.73 Å². The summed E-state index contributed by atoms with van der Waals surface area (Å²) in [5, 5.41) is 8.92. The number of furan rings is 1. The van der Waals surface area contributed by atoms with Gasteiger partial charge in [0.2, 0.25) is 5.76 Å². The van der Waals surface area contributed by atoms with E-state index >= 15 is 0 Å². The molecule has 0 spiro atoms. The second-order valence-corrected chi connectivity index (χ2v) is 4.13. The summed E-state index contributed by atoms with van der Waals surface area (Å²) in [6, 6.07) is 2.04. The number of nitrogens with two attached hydrogens (primary N) is 1. The molecule has 1 aromatic heterocycles. The molecule has 1 fully saturated rings. The number of esters is 1. The third-order valence-corrected chi connectivity index (χ3v) is 3.13. The minimum absolute atomic E-state index is 0.0614. The molecule has 0 amide bonds. The zero-order valence-electron chi connectivity index (χ0n) is 9.30. The van der Waals surface area contributed by atoms with Crippen molar-refractivity contribution in [2.75, 3.05) is 7.11 Å². The molecule has 0 radical (unpaired) electrons. The summed E-state index contributed by atoms with van der Waals surface area (Å²) in [7, 11) is 1.25. The van der Waals surface area contributed by atoms with E-state index in [0.717, 1.165) is 0 Å². The predicted octanol–water partition coefficient (Wildman–Crippen LogP) is 0.510. The number of carbonyl (C=O) groups excluding carboxylic acids is 1. The molecule has 0 aromatic carbocycles. The molecule has 1 aromatic rings. The first-order chi connectivity index (χ1) is 8.01. The molecular weight excluding hydrogens is 226 g/mol. The summed E-state index contributed by atoms with van der Waals surface area (Å²) >= 11 is 0. The number of ether oxygens (including phenoxy) is 1. The average molecular weight is 239 g/mol. The van der Waals surface area contributed by atoms with Crippen molar-refractivity contribution < 1.29 is 23.8 Å². The first-order valence-electron chi connectivity index (χ1n) is 5.18. The molecule has 0 saturated heterocycles. The maximum absolute atomic E-state index is 11.2. The molecular formula is C11H13NO5. The Labute approximate surface area is 97.3 Å². The fourth-order valence-electron chi connectivity index (χ4n) is 1.90. The van der Waals surface area contributed by atoms with E-state index in [-0.39, 0.29) is 5.76 Å². The fourth-order valence-corrected chi connectivity index (χ4v) is 1.90. The average Bonchev–Trinajstić information content (AvgIpc) is 2.97. The second kappa shape index (κ2) is 3.89. The first kappa shape index (κ1) is 11.7. The highest BCUT2D eigenvalue weighted by Gasteiger charge is 2.55. The van der Waals surface area contributed by atoms with Crippen molar-refractivity contribution in [3.05, 3.63) is 23.7 Å². The molecule has 92 valence electrons. The van der Waals surface area contributed by atoms with Crippen LogP contribution in [0.5, 0.6) is 0 Å². The van der Waals surface area contributed by atoms with Crippen LogP contribution in [0, 0.1) is 0 Å².